The molecular weight excluding hydrogens is 380 g/mol. The van der Waals surface area contributed by atoms with Crippen LogP contribution < -0.4 is 15.4 Å². The van der Waals surface area contributed by atoms with Gasteiger partial charge in [-0.2, -0.15) is 0 Å². The molecule has 2 amide bonds. The number of anilines is 1. The molecule has 0 spiro atoms. The molecule has 6 nitrogen and oxygen atoms in total. The van der Waals surface area contributed by atoms with E-state index in [9.17, 15) is 14.4 Å². The van der Waals surface area contributed by atoms with Gasteiger partial charge in [-0.25, -0.2) is 0 Å². The van der Waals surface area contributed by atoms with Crippen LogP contribution in [0.3, 0.4) is 0 Å². The number of rotatable bonds is 6. The molecule has 6 heteroatoms. The molecule has 0 fully saturated rings. The van der Waals surface area contributed by atoms with Crippen molar-refractivity contribution >= 4 is 23.5 Å². The minimum Gasteiger partial charge on any atom is -0.427 e. The SMILES string of the molecule is CC(=O)Oc1cccc(C(=O)Nc2cccc(CNC(=O)c3ccccc3C)c2)c1. The van der Waals surface area contributed by atoms with Gasteiger partial charge in [0.1, 0.15) is 5.75 Å². The quantitative estimate of drug-likeness (QED) is 0.480. The summed E-state index contributed by atoms with van der Waals surface area (Å²) < 4.78 is 5.01. The van der Waals surface area contributed by atoms with E-state index in [1.54, 1.807) is 42.5 Å². The fraction of sp³-hybridized carbons (Fsp3) is 0.125. The zero-order valence-corrected chi connectivity index (χ0v) is 16.8. The highest BCUT2D eigenvalue weighted by molar-refractivity contribution is 6.04. The lowest BCUT2D eigenvalue weighted by Crippen LogP contribution is -2.23. The van der Waals surface area contributed by atoms with Crippen molar-refractivity contribution in [3.05, 3.63) is 95.1 Å². The molecule has 0 saturated carbocycles. The minimum atomic E-state index is -0.451. The Hall–Kier alpha value is -3.93. The molecule has 0 radical (unpaired) electrons. The molecule has 0 atom stereocenters. The molecule has 0 saturated heterocycles. The predicted molar refractivity (Wildman–Crippen MR) is 114 cm³/mol. The van der Waals surface area contributed by atoms with Crippen molar-refractivity contribution in [3.63, 3.8) is 0 Å². The minimum absolute atomic E-state index is 0.148. The van der Waals surface area contributed by atoms with Gasteiger partial charge in [-0.05, 0) is 54.4 Å². The molecule has 3 aromatic carbocycles. The van der Waals surface area contributed by atoms with Crippen molar-refractivity contribution < 1.29 is 19.1 Å². The highest BCUT2D eigenvalue weighted by Gasteiger charge is 2.10. The fourth-order valence-corrected chi connectivity index (χ4v) is 2.93. The van der Waals surface area contributed by atoms with Gasteiger partial charge in [-0.3, -0.25) is 14.4 Å². The van der Waals surface area contributed by atoms with Gasteiger partial charge in [0.15, 0.2) is 0 Å². The number of carbonyl (C=O) groups is 3. The van der Waals surface area contributed by atoms with Crippen LogP contribution in [0.2, 0.25) is 0 Å². The second kappa shape index (κ2) is 9.52. The summed E-state index contributed by atoms with van der Waals surface area (Å²) in [5.74, 6) is -0.620. The maximum absolute atomic E-state index is 12.5. The van der Waals surface area contributed by atoms with Crippen LogP contribution in [-0.4, -0.2) is 17.8 Å². The average Bonchev–Trinajstić information content (AvgIpc) is 2.72. The number of esters is 1. The summed E-state index contributed by atoms with van der Waals surface area (Å²) >= 11 is 0. The van der Waals surface area contributed by atoms with E-state index in [0.717, 1.165) is 11.1 Å². The molecule has 0 aromatic heterocycles. The summed E-state index contributed by atoms with van der Waals surface area (Å²) in [6.45, 7) is 3.52. The number of benzene rings is 3. The Bertz CT molecular complexity index is 1090. The van der Waals surface area contributed by atoms with E-state index in [1.807, 2.05) is 31.2 Å². The molecule has 2 N–H and O–H groups in total. The second-order valence-electron chi connectivity index (χ2n) is 6.77. The summed E-state index contributed by atoms with van der Waals surface area (Å²) in [6, 6.07) is 21.0. The summed E-state index contributed by atoms with van der Waals surface area (Å²) in [4.78, 5) is 36.0. The van der Waals surface area contributed by atoms with Crippen LogP contribution in [0.25, 0.3) is 0 Å². The Morgan fingerprint density at radius 1 is 0.867 bits per heavy atom. The maximum atomic E-state index is 12.5. The Morgan fingerprint density at radius 2 is 1.63 bits per heavy atom. The first-order valence-corrected chi connectivity index (χ1v) is 9.45. The molecule has 0 bridgehead atoms. The molecule has 0 heterocycles. The number of amides is 2. The monoisotopic (exact) mass is 402 g/mol. The van der Waals surface area contributed by atoms with Crippen molar-refractivity contribution in [2.24, 2.45) is 0 Å². The van der Waals surface area contributed by atoms with Crippen molar-refractivity contribution in [3.8, 4) is 5.75 Å². The average molecular weight is 402 g/mol. The van der Waals surface area contributed by atoms with Gasteiger partial charge in [0.05, 0.1) is 0 Å². The number of hydrogen-bond donors (Lipinski definition) is 2. The number of aryl methyl sites for hydroxylation is 1. The van der Waals surface area contributed by atoms with Crippen LogP contribution in [0.4, 0.5) is 5.69 Å². The van der Waals surface area contributed by atoms with Crippen LogP contribution in [-0.2, 0) is 11.3 Å². The van der Waals surface area contributed by atoms with Crippen LogP contribution in [0.5, 0.6) is 5.75 Å². The lowest BCUT2D eigenvalue weighted by molar-refractivity contribution is -0.131. The second-order valence-corrected chi connectivity index (χ2v) is 6.77. The predicted octanol–water partition coefficient (Wildman–Crippen LogP) is 4.10. The zero-order valence-electron chi connectivity index (χ0n) is 16.8. The number of nitrogens with one attached hydrogen (secondary N) is 2. The highest BCUT2D eigenvalue weighted by atomic mass is 16.5. The fourth-order valence-electron chi connectivity index (χ4n) is 2.93. The van der Waals surface area contributed by atoms with Gasteiger partial charge in [0.25, 0.3) is 11.8 Å². The van der Waals surface area contributed by atoms with E-state index >= 15 is 0 Å². The largest absolute Gasteiger partial charge is 0.427 e. The van der Waals surface area contributed by atoms with Crippen molar-refractivity contribution in [2.45, 2.75) is 20.4 Å². The van der Waals surface area contributed by atoms with Crippen LogP contribution in [0.15, 0.2) is 72.8 Å². The Kier molecular flexibility index (Phi) is 6.60. The molecule has 152 valence electrons. The molecule has 0 aliphatic rings. The third-order valence-corrected chi connectivity index (χ3v) is 4.39. The number of hydrogen-bond acceptors (Lipinski definition) is 4. The summed E-state index contributed by atoms with van der Waals surface area (Å²) in [5.41, 5.74) is 3.36. The van der Waals surface area contributed by atoms with Crippen molar-refractivity contribution in [1.29, 1.82) is 0 Å². The normalized spacial score (nSPS) is 10.2. The van der Waals surface area contributed by atoms with E-state index in [-0.39, 0.29) is 11.8 Å². The molecule has 0 aliphatic carbocycles. The molecule has 3 aromatic rings. The standard InChI is InChI=1S/C24H22N2O4/c1-16-7-3-4-12-22(16)24(29)25-15-18-8-5-10-20(13-18)26-23(28)19-9-6-11-21(14-19)30-17(2)27/h3-14H,15H2,1-2H3,(H,25,29)(H,26,28). The first-order chi connectivity index (χ1) is 14.4. The van der Waals surface area contributed by atoms with E-state index in [0.29, 0.717) is 29.1 Å². The van der Waals surface area contributed by atoms with E-state index < -0.39 is 5.97 Å². The Labute approximate surface area is 174 Å². The number of ether oxygens (including phenoxy) is 1. The smallest absolute Gasteiger partial charge is 0.308 e. The van der Waals surface area contributed by atoms with Crippen LogP contribution in [0.1, 0.15) is 38.8 Å². The van der Waals surface area contributed by atoms with Gasteiger partial charge < -0.3 is 15.4 Å². The first kappa shape index (κ1) is 20.8. The third kappa shape index (κ3) is 5.54. The van der Waals surface area contributed by atoms with Gasteiger partial charge in [0.2, 0.25) is 0 Å². The molecular formula is C24H22N2O4. The lowest BCUT2D eigenvalue weighted by Gasteiger charge is -2.10. The molecule has 3 rings (SSSR count). The first-order valence-electron chi connectivity index (χ1n) is 9.45. The van der Waals surface area contributed by atoms with Gasteiger partial charge in [-0.15, -0.1) is 0 Å². The van der Waals surface area contributed by atoms with Gasteiger partial charge in [-0.1, -0.05) is 36.4 Å². The van der Waals surface area contributed by atoms with Crippen LogP contribution in [0, 0.1) is 6.92 Å². The zero-order chi connectivity index (χ0) is 21.5. The number of carbonyl (C=O) groups excluding carboxylic acids is 3. The van der Waals surface area contributed by atoms with E-state index in [1.165, 1.54) is 13.0 Å². The maximum Gasteiger partial charge on any atom is 0.308 e. The van der Waals surface area contributed by atoms with Crippen molar-refractivity contribution in [2.75, 3.05) is 5.32 Å². The summed E-state index contributed by atoms with van der Waals surface area (Å²) in [5, 5.41) is 5.71. The molecule has 0 aliphatic heterocycles. The Morgan fingerprint density at radius 3 is 2.40 bits per heavy atom. The molecule has 0 unspecified atom stereocenters. The third-order valence-electron chi connectivity index (χ3n) is 4.39. The highest BCUT2D eigenvalue weighted by Crippen LogP contribution is 2.17. The summed E-state index contributed by atoms with van der Waals surface area (Å²) in [6.07, 6.45) is 0. The van der Waals surface area contributed by atoms with E-state index in [4.69, 9.17) is 4.74 Å². The summed E-state index contributed by atoms with van der Waals surface area (Å²) in [7, 11) is 0. The van der Waals surface area contributed by atoms with Gasteiger partial charge >= 0.3 is 5.97 Å². The van der Waals surface area contributed by atoms with Gasteiger partial charge in [0, 0.05) is 30.3 Å². The topological polar surface area (TPSA) is 84.5 Å². The van der Waals surface area contributed by atoms with Crippen LogP contribution >= 0.6 is 0 Å². The Balaban J connectivity index is 1.64. The van der Waals surface area contributed by atoms with E-state index in [2.05, 4.69) is 10.6 Å². The molecule has 30 heavy (non-hydrogen) atoms. The van der Waals surface area contributed by atoms with Crippen molar-refractivity contribution in [1.82, 2.24) is 5.32 Å². The lowest BCUT2D eigenvalue weighted by atomic mass is 10.1.